The summed E-state index contributed by atoms with van der Waals surface area (Å²) in [5.41, 5.74) is 3.29. The van der Waals surface area contributed by atoms with Crippen molar-refractivity contribution in [3.63, 3.8) is 0 Å². The van der Waals surface area contributed by atoms with E-state index in [1.807, 2.05) is 32.5 Å². The molecule has 0 fully saturated rings. The minimum Gasteiger partial charge on any atom is -0.350 e. The first kappa shape index (κ1) is 15.6. The van der Waals surface area contributed by atoms with Gasteiger partial charge >= 0.3 is 0 Å². The van der Waals surface area contributed by atoms with Crippen LogP contribution >= 0.6 is 11.3 Å². The highest BCUT2D eigenvalue weighted by Crippen LogP contribution is 2.20. The summed E-state index contributed by atoms with van der Waals surface area (Å²) in [5, 5.41) is 15.0. The molecule has 0 saturated heterocycles. The van der Waals surface area contributed by atoms with E-state index >= 15 is 0 Å². The summed E-state index contributed by atoms with van der Waals surface area (Å²) in [6.07, 6.45) is 1.56. The molecule has 1 unspecified atom stereocenters. The van der Waals surface area contributed by atoms with Crippen LogP contribution in [0.15, 0.2) is 29.1 Å². The fraction of sp³-hybridized carbons (Fsp3) is 0.312. The Bertz CT molecular complexity index is 809. The van der Waals surface area contributed by atoms with Gasteiger partial charge in [0.25, 0.3) is 5.91 Å². The van der Waals surface area contributed by atoms with E-state index in [1.165, 1.54) is 5.56 Å². The van der Waals surface area contributed by atoms with Crippen LogP contribution < -0.4 is 5.32 Å². The number of nitrogens with zero attached hydrogens (tertiary/aromatic N) is 3. The van der Waals surface area contributed by atoms with Crippen LogP contribution in [0.3, 0.4) is 0 Å². The number of thiophene rings is 1. The van der Waals surface area contributed by atoms with Crippen molar-refractivity contribution in [3.05, 3.63) is 45.9 Å². The molecule has 0 bridgehead atoms. The Morgan fingerprint density at radius 2 is 2.30 bits per heavy atom. The van der Waals surface area contributed by atoms with Crippen molar-refractivity contribution in [2.24, 2.45) is 0 Å². The molecular weight excluding hydrogens is 310 g/mol. The molecule has 3 rings (SSSR count). The fourth-order valence-electron chi connectivity index (χ4n) is 2.50. The number of carbonyl (C=O) groups is 1. The molecule has 0 spiro atoms. The van der Waals surface area contributed by atoms with Crippen LogP contribution in [0.5, 0.6) is 0 Å². The highest BCUT2D eigenvalue weighted by Gasteiger charge is 2.17. The molecule has 3 aromatic rings. The molecule has 0 aliphatic carbocycles. The lowest BCUT2D eigenvalue weighted by atomic mass is 10.1. The predicted octanol–water partition coefficient (Wildman–Crippen LogP) is 2.36. The molecule has 23 heavy (non-hydrogen) atoms. The number of pyridine rings is 1. The molecule has 7 heteroatoms. The lowest BCUT2D eigenvalue weighted by Crippen LogP contribution is -2.34. The van der Waals surface area contributed by atoms with E-state index in [2.05, 4.69) is 36.8 Å². The minimum atomic E-state index is -0.123. The van der Waals surface area contributed by atoms with Gasteiger partial charge in [0.05, 0.1) is 11.6 Å². The molecule has 1 amide bonds. The van der Waals surface area contributed by atoms with Gasteiger partial charge in [-0.05, 0) is 49.5 Å². The predicted molar refractivity (Wildman–Crippen MR) is 91.7 cm³/mol. The largest absolute Gasteiger partial charge is 0.350 e. The zero-order valence-corrected chi connectivity index (χ0v) is 14.1. The van der Waals surface area contributed by atoms with Gasteiger partial charge in [-0.1, -0.05) is 0 Å². The van der Waals surface area contributed by atoms with E-state index in [9.17, 15) is 4.79 Å². The van der Waals surface area contributed by atoms with Crippen molar-refractivity contribution >= 4 is 28.3 Å². The molecule has 0 saturated carbocycles. The number of fused-ring (bicyclic) bond motifs is 1. The monoisotopic (exact) mass is 329 g/mol. The van der Waals surface area contributed by atoms with Gasteiger partial charge in [-0.25, -0.2) is 4.98 Å². The summed E-state index contributed by atoms with van der Waals surface area (Å²) in [4.78, 5) is 18.7. The summed E-state index contributed by atoms with van der Waals surface area (Å²) in [5.74, 6) is -0.123. The molecule has 6 nitrogen and oxygen atoms in total. The number of amides is 1. The average molecular weight is 329 g/mol. The number of hydrogen-bond donors (Lipinski definition) is 2. The Morgan fingerprint density at radius 1 is 1.48 bits per heavy atom. The molecule has 2 N–H and O–H groups in total. The highest BCUT2D eigenvalue weighted by atomic mass is 32.1. The molecular formula is C16H19N5OS. The van der Waals surface area contributed by atoms with Crippen LogP contribution in [-0.4, -0.2) is 46.6 Å². The van der Waals surface area contributed by atoms with E-state index in [1.54, 1.807) is 17.5 Å². The molecule has 0 aliphatic rings. The van der Waals surface area contributed by atoms with Crippen molar-refractivity contribution in [1.82, 2.24) is 25.4 Å². The Balaban J connectivity index is 1.73. The third-order valence-electron chi connectivity index (χ3n) is 3.87. The number of carbonyl (C=O) groups excluding carboxylic acids is 1. The summed E-state index contributed by atoms with van der Waals surface area (Å²) < 4.78 is 0. The van der Waals surface area contributed by atoms with Gasteiger partial charge in [0, 0.05) is 23.8 Å². The molecule has 0 aromatic carbocycles. The van der Waals surface area contributed by atoms with Crippen molar-refractivity contribution in [3.8, 4) is 0 Å². The van der Waals surface area contributed by atoms with Crippen molar-refractivity contribution in [2.75, 3.05) is 20.6 Å². The van der Waals surface area contributed by atoms with Crippen LogP contribution in [0.4, 0.5) is 0 Å². The van der Waals surface area contributed by atoms with E-state index < -0.39 is 0 Å². The number of nitrogens with one attached hydrogen (secondary N) is 2. The number of aryl methyl sites for hydroxylation is 1. The van der Waals surface area contributed by atoms with Crippen LogP contribution in [0.1, 0.15) is 27.7 Å². The normalized spacial score (nSPS) is 12.7. The van der Waals surface area contributed by atoms with Gasteiger partial charge in [0.2, 0.25) is 0 Å². The topological polar surface area (TPSA) is 73.9 Å². The smallest absolute Gasteiger partial charge is 0.252 e. The van der Waals surface area contributed by atoms with Gasteiger partial charge < -0.3 is 10.2 Å². The van der Waals surface area contributed by atoms with Gasteiger partial charge in [-0.3, -0.25) is 9.89 Å². The molecule has 0 aliphatic heterocycles. The second-order valence-electron chi connectivity index (χ2n) is 5.69. The summed E-state index contributed by atoms with van der Waals surface area (Å²) in [6, 6.07) is 4.06. The van der Waals surface area contributed by atoms with Crippen molar-refractivity contribution in [2.45, 2.75) is 13.0 Å². The van der Waals surface area contributed by atoms with Gasteiger partial charge in [-0.15, -0.1) is 0 Å². The number of H-pyrrole nitrogens is 1. The first-order chi connectivity index (χ1) is 11.1. The maximum absolute atomic E-state index is 12.4. The van der Waals surface area contributed by atoms with Crippen LogP contribution in [0.2, 0.25) is 0 Å². The lowest BCUT2D eigenvalue weighted by molar-refractivity contribution is 0.0942. The third kappa shape index (κ3) is 3.25. The second-order valence-corrected chi connectivity index (χ2v) is 6.47. The quantitative estimate of drug-likeness (QED) is 0.753. The van der Waals surface area contributed by atoms with Gasteiger partial charge in [0.15, 0.2) is 5.65 Å². The van der Waals surface area contributed by atoms with Crippen molar-refractivity contribution in [1.29, 1.82) is 0 Å². The maximum Gasteiger partial charge on any atom is 0.252 e. The minimum absolute atomic E-state index is 0.123. The van der Waals surface area contributed by atoms with E-state index in [4.69, 9.17) is 0 Å². The summed E-state index contributed by atoms with van der Waals surface area (Å²) in [6.45, 7) is 2.46. The Kier molecular flexibility index (Phi) is 4.40. The summed E-state index contributed by atoms with van der Waals surface area (Å²) in [7, 11) is 4.02. The van der Waals surface area contributed by atoms with Crippen LogP contribution in [0, 0.1) is 6.92 Å². The van der Waals surface area contributed by atoms with Gasteiger partial charge in [0.1, 0.15) is 0 Å². The zero-order chi connectivity index (χ0) is 16.4. The third-order valence-corrected chi connectivity index (χ3v) is 4.57. The number of aromatic amines is 1. The van der Waals surface area contributed by atoms with E-state index in [-0.39, 0.29) is 11.9 Å². The van der Waals surface area contributed by atoms with Crippen LogP contribution in [-0.2, 0) is 0 Å². The summed E-state index contributed by atoms with van der Waals surface area (Å²) >= 11 is 1.66. The first-order valence-corrected chi connectivity index (χ1v) is 8.28. The standard InChI is InChI=1S/C16H19N5OS/c1-10-13-6-12(7-17-15(13)20-19-10)16(22)18-8-14(21(2)3)11-4-5-23-9-11/h4-7,9,14H,8H2,1-3H3,(H,18,22)(H,17,19,20). The SMILES string of the molecule is Cc1[nH]nc2ncc(C(=O)NCC(c3ccsc3)N(C)C)cc12. The highest BCUT2D eigenvalue weighted by molar-refractivity contribution is 7.07. The van der Waals surface area contributed by atoms with E-state index in [0.717, 1.165) is 11.1 Å². The van der Waals surface area contributed by atoms with Gasteiger partial charge in [-0.2, -0.15) is 16.4 Å². The van der Waals surface area contributed by atoms with Crippen molar-refractivity contribution < 1.29 is 4.79 Å². The first-order valence-electron chi connectivity index (χ1n) is 7.33. The van der Waals surface area contributed by atoms with Crippen LogP contribution in [0.25, 0.3) is 11.0 Å². The molecule has 0 radical (unpaired) electrons. The second kappa shape index (κ2) is 6.47. The number of hydrogen-bond acceptors (Lipinski definition) is 5. The molecule has 120 valence electrons. The Labute approximate surface area is 138 Å². The number of likely N-dealkylation sites (N-methyl/N-ethyl adjacent to an activating group) is 1. The number of aromatic nitrogens is 3. The number of rotatable bonds is 5. The Hall–Kier alpha value is -2.25. The molecule has 3 heterocycles. The molecule has 1 atom stereocenters. The van der Waals surface area contributed by atoms with E-state index in [0.29, 0.717) is 17.8 Å². The Morgan fingerprint density at radius 3 is 3.00 bits per heavy atom. The molecule has 3 aromatic heterocycles. The zero-order valence-electron chi connectivity index (χ0n) is 13.3. The lowest BCUT2D eigenvalue weighted by Gasteiger charge is -2.24. The fourth-order valence-corrected chi connectivity index (χ4v) is 3.21. The average Bonchev–Trinajstić information content (AvgIpc) is 3.17. The maximum atomic E-state index is 12.4.